The second-order valence-electron chi connectivity index (χ2n) is 5.33. The van der Waals surface area contributed by atoms with Gasteiger partial charge in [0.1, 0.15) is 18.0 Å². The minimum atomic E-state index is -0.707. The third-order valence-electron chi connectivity index (χ3n) is 3.58. The summed E-state index contributed by atoms with van der Waals surface area (Å²) in [5.41, 5.74) is 1.92. The Labute approximate surface area is 126 Å². The molecule has 0 saturated carbocycles. The predicted molar refractivity (Wildman–Crippen MR) is 79.8 cm³/mol. The highest BCUT2D eigenvalue weighted by Gasteiger charge is 2.33. The van der Waals surface area contributed by atoms with Crippen LogP contribution in [0.3, 0.4) is 0 Å². The van der Waals surface area contributed by atoms with Gasteiger partial charge in [-0.15, -0.1) is 0 Å². The first-order valence-electron chi connectivity index (χ1n) is 6.73. The van der Waals surface area contributed by atoms with Crippen LogP contribution in [0.2, 0.25) is 0 Å². The van der Waals surface area contributed by atoms with E-state index in [9.17, 15) is 5.11 Å². The van der Waals surface area contributed by atoms with Gasteiger partial charge in [-0.2, -0.15) is 5.10 Å². The predicted octanol–water partition coefficient (Wildman–Crippen LogP) is 3.26. The lowest BCUT2D eigenvalue weighted by atomic mass is 10.0. The van der Waals surface area contributed by atoms with E-state index in [1.807, 2.05) is 42.8 Å². The van der Waals surface area contributed by atoms with Crippen LogP contribution in [0.1, 0.15) is 37.3 Å². The fourth-order valence-electron chi connectivity index (χ4n) is 2.60. The molecule has 2 heterocycles. The number of benzene rings is 1. The SMILES string of the molecule is CC(C)n1ncc(Br)c1C(O)C1Cc2ccccc2O1. The van der Waals surface area contributed by atoms with Crippen LogP contribution in [0.5, 0.6) is 5.75 Å². The molecular formula is C15H17BrN2O2. The summed E-state index contributed by atoms with van der Waals surface area (Å²) >= 11 is 3.47. The number of hydrogen-bond donors (Lipinski definition) is 1. The van der Waals surface area contributed by atoms with Gasteiger partial charge in [-0.25, -0.2) is 0 Å². The highest BCUT2D eigenvalue weighted by atomic mass is 79.9. The third-order valence-corrected chi connectivity index (χ3v) is 4.19. The van der Waals surface area contributed by atoms with Crippen molar-refractivity contribution in [1.29, 1.82) is 0 Å². The van der Waals surface area contributed by atoms with Gasteiger partial charge in [-0.05, 0) is 41.4 Å². The van der Waals surface area contributed by atoms with Crippen molar-refractivity contribution in [3.63, 3.8) is 0 Å². The maximum absolute atomic E-state index is 10.7. The van der Waals surface area contributed by atoms with Gasteiger partial charge >= 0.3 is 0 Å². The molecule has 5 heteroatoms. The van der Waals surface area contributed by atoms with Crippen LogP contribution >= 0.6 is 15.9 Å². The van der Waals surface area contributed by atoms with Gasteiger partial charge in [-0.1, -0.05) is 18.2 Å². The molecule has 1 aromatic carbocycles. The third kappa shape index (κ3) is 2.25. The minimum Gasteiger partial charge on any atom is -0.487 e. The second kappa shape index (κ2) is 5.22. The summed E-state index contributed by atoms with van der Waals surface area (Å²) in [6.45, 7) is 4.08. The molecule has 0 saturated heterocycles. The first-order valence-corrected chi connectivity index (χ1v) is 7.52. The van der Waals surface area contributed by atoms with E-state index in [1.165, 1.54) is 0 Å². The van der Waals surface area contributed by atoms with E-state index in [0.29, 0.717) is 6.42 Å². The molecule has 20 heavy (non-hydrogen) atoms. The molecule has 0 fully saturated rings. The number of fused-ring (bicyclic) bond motifs is 1. The van der Waals surface area contributed by atoms with Crippen molar-refractivity contribution >= 4 is 15.9 Å². The monoisotopic (exact) mass is 336 g/mol. The summed E-state index contributed by atoms with van der Waals surface area (Å²) in [4.78, 5) is 0. The Hall–Kier alpha value is -1.33. The van der Waals surface area contributed by atoms with E-state index < -0.39 is 6.10 Å². The Bertz CT molecular complexity index is 599. The van der Waals surface area contributed by atoms with Crippen LogP contribution in [0.15, 0.2) is 34.9 Å². The number of ether oxygens (including phenoxy) is 1. The van der Waals surface area contributed by atoms with Crippen LogP contribution in [-0.4, -0.2) is 21.0 Å². The molecule has 0 aliphatic carbocycles. The summed E-state index contributed by atoms with van der Waals surface area (Å²) in [5, 5.41) is 15.0. The zero-order chi connectivity index (χ0) is 14.3. The van der Waals surface area contributed by atoms with E-state index in [-0.39, 0.29) is 12.1 Å². The Kier molecular flexibility index (Phi) is 3.56. The molecule has 1 aromatic heterocycles. The van der Waals surface area contributed by atoms with Crippen LogP contribution in [0, 0.1) is 0 Å². The lowest BCUT2D eigenvalue weighted by molar-refractivity contribution is 0.0416. The van der Waals surface area contributed by atoms with Gasteiger partial charge < -0.3 is 9.84 Å². The van der Waals surface area contributed by atoms with E-state index in [4.69, 9.17) is 4.74 Å². The highest BCUT2D eigenvalue weighted by Crippen LogP contribution is 2.36. The average Bonchev–Trinajstić information content (AvgIpc) is 3.01. The second-order valence-corrected chi connectivity index (χ2v) is 6.18. The molecule has 0 amide bonds. The number of hydrogen-bond acceptors (Lipinski definition) is 3. The van der Waals surface area contributed by atoms with E-state index >= 15 is 0 Å². The van der Waals surface area contributed by atoms with Crippen LogP contribution in [0.4, 0.5) is 0 Å². The number of halogens is 1. The molecule has 0 radical (unpaired) electrons. The largest absolute Gasteiger partial charge is 0.487 e. The molecule has 4 nitrogen and oxygen atoms in total. The maximum Gasteiger partial charge on any atom is 0.134 e. The fourth-order valence-corrected chi connectivity index (χ4v) is 3.11. The molecule has 3 rings (SSSR count). The van der Waals surface area contributed by atoms with Gasteiger partial charge in [0.15, 0.2) is 0 Å². The van der Waals surface area contributed by atoms with Gasteiger partial charge in [0.05, 0.1) is 16.4 Å². The van der Waals surface area contributed by atoms with Gasteiger partial charge in [0.25, 0.3) is 0 Å². The normalized spacial score (nSPS) is 18.9. The number of aliphatic hydroxyl groups is 1. The van der Waals surface area contributed by atoms with Crippen molar-refractivity contribution in [3.8, 4) is 5.75 Å². The number of aromatic nitrogens is 2. The van der Waals surface area contributed by atoms with Crippen molar-refractivity contribution in [2.24, 2.45) is 0 Å². The maximum atomic E-state index is 10.7. The number of rotatable bonds is 3. The highest BCUT2D eigenvalue weighted by molar-refractivity contribution is 9.10. The molecule has 2 unspecified atom stereocenters. The molecule has 2 atom stereocenters. The molecule has 1 N–H and O–H groups in total. The topological polar surface area (TPSA) is 47.3 Å². The lowest BCUT2D eigenvalue weighted by Gasteiger charge is -2.21. The minimum absolute atomic E-state index is 0.190. The molecular weight excluding hydrogens is 320 g/mol. The Balaban J connectivity index is 1.88. The first kappa shape index (κ1) is 13.6. The van der Waals surface area contributed by atoms with E-state index in [1.54, 1.807) is 6.20 Å². The lowest BCUT2D eigenvalue weighted by Crippen LogP contribution is -2.26. The summed E-state index contributed by atoms with van der Waals surface area (Å²) in [5.74, 6) is 0.864. The zero-order valence-electron chi connectivity index (χ0n) is 11.5. The quantitative estimate of drug-likeness (QED) is 0.935. The van der Waals surface area contributed by atoms with E-state index in [0.717, 1.165) is 21.5 Å². The summed E-state index contributed by atoms with van der Waals surface area (Å²) in [7, 11) is 0. The van der Waals surface area contributed by atoms with Crippen molar-refractivity contribution < 1.29 is 9.84 Å². The van der Waals surface area contributed by atoms with Gasteiger partial charge in [0, 0.05) is 12.5 Å². The number of aliphatic hydroxyl groups excluding tert-OH is 1. The molecule has 1 aliphatic rings. The van der Waals surface area contributed by atoms with E-state index in [2.05, 4.69) is 21.0 Å². The fraction of sp³-hybridized carbons (Fsp3) is 0.400. The van der Waals surface area contributed by atoms with Crippen molar-refractivity contribution in [3.05, 3.63) is 46.2 Å². The van der Waals surface area contributed by atoms with Crippen LogP contribution < -0.4 is 4.74 Å². The Morgan fingerprint density at radius 3 is 2.85 bits per heavy atom. The average molecular weight is 337 g/mol. The summed E-state index contributed by atoms with van der Waals surface area (Å²) in [6, 6.07) is 8.11. The van der Waals surface area contributed by atoms with Gasteiger partial charge in [0.2, 0.25) is 0 Å². The van der Waals surface area contributed by atoms with Crippen LogP contribution in [0.25, 0.3) is 0 Å². The molecule has 0 spiro atoms. The smallest absolute Gasteiger partial charge is 0.134 e. The van der Waals surface area contributed by atoms with Crippen LogP contribution in [-0.2, 0) is 6.42 Å². The van der Waals surface area contributed by atoms with Crippen molar-refractivity contribution in [1.82, 2.24) is 9.78 Å². The Morgan fingerprint density at radius 2 is 2.15 bits per heavy atom. The summed E-state index contributed by atoms with van der Waals surface area (Å²) in [6.07, 6.45) is 1.47. The Morgan fingerprint density at radius 1 is 1.40 bits per heavy atom. The molecule has 0 bridgehead atoms. The standard InChI is InChI=1S/C15H17BrN2O2/c1-9(2)18-14(11(16)8-17-18)15(19)13-7-10-5-3-4-6-12(10)20-13/h3-6,8-9,13,15,19H,7H2,1-2H3. The number of para-hydroxylation sites is 1. The molecule has 1 aliphatic heterocycles. The number of nitrogens with zero attached hydrogens (tertiary/aromatic N) is 2. The first-order chi connectivity index (χ1) is 9.58. The van der Waals surface area contributed by atoms with Gasteiger partial charge in [-0.3, -0.25) is 4.68 Å². The summed E-state index contributed by atoms with van der Waals surface area (Å²) < 4.78 is 8.52. The van der Waals surface area contributed by atoms with Crippen molar-refractivity contribution in [2.45, 2.75) is 38.5 Å². The molecule has 2 aromatic rings. The molecule has 106 valence electrons. The van der Waals surface area contributed by atoms with Crippen molar-refractivity contribution in [2.75, 3.05) is 0 Å². The zero-order valence-corrected chi connectivity index (χ0v) is 13.0.